The Bertz CT molecular complexity index is 293. The average molecular weight is 193 g/mol. The molecule has 1 aromatic carbocycles. The summed E-state index contributed by atoms with van der Waals surface area (Å²) in [6, 6.07) is 10.4. The van der Waals surface area contributed by atoms with Gasteiger partial charge in [0, 0.05) is 6.54 Å². The standard InChI is InChI=1S/C11H16N2O/c1-11(12-14)8-13(9-11)7-10-5-3-2-4-6-10/h2-6,12,14H,7-9H2,1H3/p+1. The molecule has 0 bridgehead atoms. The van der Waals surface area contributed by atoms with Gasteiger partial charge in [0.25, 0.3) is 0 Å². The number of quaternary nitrogens is 1. The lowest BCUT2D eigenvalue weighted by molar-refractivity contribution is -0.939. The minimum absolute atomic E-state index is 0.0226. The summed E-state index contributed by atoms with van der Waals surface area (Å²) in [5.41, 5.74) is 2.69. The Kier molecular flexibility index (Phi) is 2.54. The van der Waals surface area contributed by atoms with Gasteiger partial charge < -0.3 is 0 Å². The van der Waals surface area contributed by atoms with Gasteiger partial charge in [-0.15, -0.1) is 0 Å². The van der Waals surface area contributed by atoms with Crippen LogP contribution in [0, 0.1) is 0 Å². The zero-order chi connectivity index (χ0) is 10.0. The minimum atomic E-state index is 0.0226. The fourth-order valence-electron chi connectivity index (χ4n) is 2.01. The van der Waals surface area contributed by atoms with Crippen LogP contribution in [-0.4, -0.2) is 28.7 Å². The van der Waals surface area contributed by atoms with Crippen molar-refractivity contribution in [2.45, 2.75) is 19.0 Å². The Morgan fingerprint density at radius 3 is 2.57 bits per heavy atom. The predicted molar refractivity (Wildman–Crippen MR) is 53.8 cm³/mol. The molecule has 3 N–H and O–H groups in total. The van der Waals surface area contributed by atoms with Gasteiger partial charge in [-0.1, -0.05) is 30.3 Å². The molecule has 2 rings (SSSR count). The number of nitrogens with two attached hydrogens (primary N) is 1. The van der Waals surface area contributed by atoms with Gasteiger partial charge in [-0.3, -0.25) is 4.90 Å². The highest BCUT2D eigenvalue weighted by Crippen LogP contribution is 2.18. The number of rotatable bonds is 3. The normalized spacial score (nSPS) is 20.4. The highest BCUT2D eigenvalue weighted by atomic mass is 16.5. The number of hydroxylamine groups is 1. The summed E-state index contributed by atoms with van der Waals surface area (Å²) < 4.78 is 0. The van der Waals surface area contributed by atoms with Crippen LogP contribution in [0.1, 0.15) is 12.5 Å². The second kappa shape index (κ2) is 3.69. The molecule has 1 aromatic rings. The Morgan fingerprint density at radius 2 is 2.00 bits per heavy atom. The Hall–Kier alpha value is -0.900. The first kappa shape index (κ1) is 9.65. The second-order valence-electron chi connectivity index (χ2n) is 4.41. The maximum Gasteiger partial charge on any atom is 0.148 e. The van der Waals surface area contributed by atoms with E-state index < -0.39 is 0 Å². The third-order valence-electron chi connectivity index (χ3n) is 2.73. The van der Waals surface area contributed by atoms with Crippen LogP contribution in [0.2, 0.25) is 0 Å². The molecule has 0 aliphatic carbocycles. The van der Waals surface area contributed by atoms with Gasteiger partial charge in [-0.05, 0) is 12.5 Å². The SMILES string of the molecule is CC1([NH2+]O)CN(Cc2ccccc2)C1. The molecule has 0 atom stereocenters. The highest BCUT2D eigenvalue weighted by molar-refractivity contribution is 5.15. The lowest BCUT2D eigenvalue weighted by atomic mass is 9.93. The van der Waals surface area contributed by atoms with Crippen molar-refractivity contribution >= 4 is 0 Å². The first-order valence-electron chi connectivity index (χ1n) is 4.97. The zero-order valence-electron chi connectivity index (χ0n) is 8.48. The van der Waals surface area contributed by atoms with Gasteiger partial charge in [0.2, 0.25) is 0 Å². The molecule has 1 aliphatic rings. The number of hydrogen-bond acceptors (Lipinski definition) is 2. The van der Waals surface area contributed by atoms with Gasteiger partial charge in [-0.2, -0.15) is 5.48 Å². The van der Waals surface area contributed by atoms with E-state index >= 15 is 0 Å². The largest absolute Gasteiger partial charge is 0.287 e. The van der Waals surface area contributed by atoms with E-state index in [0.29, 0.717) is 0 Å². The molecule has 0 unspecified atom stereocenters. The monoisotopic (exact) mass is 193 g/mol. The molecule has 14 heavy (non-hydrogen) atoms. The van der Waals surface area contributed by atoms with Crippen molar-refractivity contribution in [3.8, 4) is 0 Å². The molecule has 0 saturated carbocycles. The molecule has 1 fully saturated rings. The number of benzene rings is 1. The van der Waals surface area contributed by atoms with Crippen molar-refractivity contribution < 1.29 is 10.7 Å². The van der Waals surface area contributed by atoms with Crippen LogP contribution in [0.5, 0.6) is 0 Å². The lowest BCUT2D eigenvalue weighted by Gasteiger charge is -2.43. The van der Waals surface area contributed by atoms with Gasteiger partial charge in [0.1, 0.15) is 5.54 Å². The van der Waals surface area contributed by atoms with Gasteiger partial charge in [0.05, 0.1) is 13.1 Å². The molecule has 0 aromatic heterocycles. The van der Waals surface area contributed by atoms with Crippen LogP contribution in [0.4, 0.5) is 0 Å². The molecule has 3 nitrogen and oxygen atoms in total. The smallest absolute Gasteiger partial charge is 0.148 e. The summed E-state index contributed by atoms with van der Waals surface area (Å²) in [4.78, 5) is 2.34. The zero-order valence-corrected chi connectivity index (χ0v) is 8.48. The van der Waals surface area contributed by atoms with Crippen molar-refractivity contribution in [2.75, 3.05) is 13.1 Å². The van der Waals surface area contributed by atoms with Crippen molar-refractivity contribution in [1.82, 2.24) is 4.90 Å². The third kappa shape index (κ3) is 1.95. The maximum absolute atomic E-state index is 8.98. The molecule has 1 heterocycles. The number of nitrogens with zero attached hydrogens (tertiary/aromatic N) is 1. The second-order valence-corrected chi connectivity index (χ2v) is 4.41. The van der Waals surface area contributed by atoms with E-state index in [1.807, 2.05) is 6.07 Å². The lowest BCUT2D eigenvalue weighted by Crippen LogP contribution is -3.01. The van der Waals surface area contributed by atoms with E-state index in [1.54, 1.807) is 0 Å². The molecular formula is C11H17N2O+. The quantitative estimate of drug-likeness (QED) is 0.674. The topological polar surface area (TPSA) is 40.1 Å². The van der Waals surface area contributed by atoms with Crippen LogP contribution in [0.25, 0.3) is 0 Å². The molecule has 0 spiro atoms. The summed E-state index contributed by atoms with van der Waals surface area (Å²) in [6.07, 6.45) is 0. The molecular weight excluding hydrogens is 176 g/mol. The number of likely N-dealkylation sites (tertiary alicyclic amines) is 1. The van der Waals surface area contributed by atoms with Gasteiger partial charge >= 0.3 is 0 Å². The maximum atomic E-state index is 8.98. The number of hydrogen-bond donors (Lipinski definition) is 2. The highest BCUT2D eigenvalue weighted by Gasteiger charge is 2.42. The Morgan fingerprint density at radius 1 is 1.36 bits per heavy atom. The third-order valence-corrected chi connectivity index (χ3v) is 2.73. The molecule has 0 amide bonds. The van der Waals surface area contributed by atoms with Crippen molar-refractivity contribution in [1.29, 1.82) is 0 Å². The molecule has 76 valence electrons. The van der Waals surface area contributed by atoms with E-state index in [1.165, 1.54) is 11.0 Å². The van der Waals surface area contributed by atoms with Gasteiger partial charge in [-0.25, -0.2) is 5.21 Å². The van der Waals surface area contributed by atoms with Crippen LogP contribution >= 0.6 is 0 Å². The summed E-state index contributed by atoms with van der Waals surface area (Å²) in [5, 5.41) is 8.98. The van der Waals surface area contributed by atoms with Crippen LogP contribution < -0.4 is 5.48 Å². The molecule has 1 saturated heterocycles. The molecule has 1 aliphatic heterocycles. The van der Waals surface area contributed by atoms with Crippen molar-refractivity contribution in [3.05, 3.63) is 35.9 Å². The summed E-state index contributed by atoms with van der Waals surface area (Å²) in [7, 11) is 0. The molecule has 0 radical (unpaired) electrons. The van der Waals surface area contributed by atoms with Crippen molar-refractivity contribution in [3.63, 3.8) is 0 Å². The summed E-state index contributed by atoms with van der Waals surface area (Å²) in [6.45, 7) is 4.98. The van der Waals surface area contributed by atoms with Crippen molar-refractivity contribution in [2.24, 2.45) is 0 Å². The average Bonchev–Trinajstić information content (AvgIpc) is 2.17. The van der Waals surface area contributed by atoms with Crippen LogP contribution in [0.3, 0.4) is 0 Å². The van der Waals surface area contributed by atoms with Gasteiger partial charge in [0.15, 0.2) is 0 Å². The fraction of sp³-hybridized carbons (Fsp3) is 0.455. The van der Waals surface area contributed by atoms with E-state index in [-0.39, 0.29) is 5.54 Å². The van der Waals surface area contributed by atoms with E-state index in [9.17, 15) is 0 Å². The summed E-state index contributed by atoms with van der Waals surface area (Å²) in [5.74, 6) is 0. The minimum Gasteiger partial charge on any atom is -0.287 e. The van der Waals surface area contributed by atoms with E-state index in [4.69, 9.17) is 5.21 Å². The molecule has 3 heteroatoms. The fourth-order valence-corrected chi connectivity index (χ4v) is 2.01. The van der Waals surface area contributed by atoms with E-state index in [2.05, 4.69) is 36.1 Å². The Labute approximate surface area is 84.3 Å². The van der Waals surface area contributed by atoms with E-state index in [0.717, 1.165) is 19.6 Å². The Balaban J connectivity index is 1.85. The first-order valence-corrected chi connectivity index (χ1v) is 4.97. The first-order chi connectivity index (χ1) is 6.72. The van der Waals surface area contributed by atoms with Crippen LogP contribution in [0.15, 0.2) is 30.3 Å². The summed E-state index contributed by atoms with van der Waals surface area (Å²) >= 11 is 0. The predicted octanol–water partition coefficient (Wildman–Crippen LogP) is 0.214. The van der Waals surface area contributed by atoms with Crippen LogP contribution in [-0.2, 0) is 6.54 Å².